The van der Waals surface area contributed by atoms with Gasteiger partial charge in [-0.05, 0) is 37.5 Å². The average molecular weight is 1380 g/mol. The molecule has 17 nitrogen and oxygen atoms in total. The van der Waals surface area contributed by atoms with Crippen LogP contribution in [0.25, 0.3) is 0 Å². The second-order valence-corrected chi connectivity index (χ2v) is 30.9. The summed E-state index contributed by atoms with van der Waals surface area (Å²) >= 11 is 0. The van der Waals surface area contributed by atoms with Gasteiger partial charge in [0.05, 0.1) is 26.4 Å². The monoisotopic (exact) mass is 1380 g/mol. The highest BCUT2D eigenvalue weighted by atomic mass is 31.2. The number of carbonyl (C=O) groups excluding carboxylic acids is 4. The summed E-state index contributed by atoms with van der Waals surface area (Å²) in [4.78, 5) is 72.8. The average Bonchev–Trinajstić information content (AvgIpc) is 1.82. The quantitative estimate of drug-likeness (QED) is 0.0222. The maximum atomic E-state index is 13.1. The third-order valence-corrected chi connectivity index (χ3v) is 19.4. The van der Waals surface area contributed by atoms with Crippen molar-refractivity contribution in [1.82, 2.24) is 0 Å². The first-order valence-corrected chi connectivity index (χ1v) is 42.0. The van der Waals surface area contributed by atoms with Gasteiger partial charge in [0.25, 0.3) is 0 Å². The van der Waals surface area contributed by atoms with Crippen molar-refractivity contribution in [3.63, 3.8) is 0 Å². The summed E-state index contributed by atoms with van der Waals surface area (Å²) < 4.78 is 68.5. The SMILES string of the molecule is CCCCCCCCCCCCCCCC(=O)OC[C@H](COP(=O)(O)OC[C@@H](O)COP(=O)(O)OC[C@@H](COC(=O)CCCCCCCCCCC(C)C)OC(=O)CCCCCCCCCCCCCCC)OC(=O)CCCCCCCCCCCCCCCCC(C)C. The molecule has 0 aliphatic rings. The van der Waals surface area contributed by atoms with Crippen LogP contribution < -0.4 is 0 Å². The molecule has 0 aromatic carbocycles. The van der Waals surface area contributed by atoms with Gasteiger partial charge in [0.15, 0.2) is 12.2 Å². The molecular formula is C75H146O17P2. The molecule has 0 fully saturated rings. The summed E-state index contributed by atoms with van der Waals surface area (Å²) in [6, 6.07) is 0. The molecule has 0 saturated heterocycles. The van der Waals surface area contributed by atoms with Crippen LogP contribution >= 0.6 is 15.6 Å². The van der Waals surface area contributed by atoms with Gasteiger partial charge in [0.1, 0.15) is 19.3 Å². The molecule has 0 radical (unpaired) electrons. The van der Waals surface area contributed by atoms with Crippen LogP contribution in [0.15, 0.2) is 0 Å². The van der Waals surface area contributed by atoms with Crippen molar-refractivity contribution in [3.8, 4) is 0 Å². The molecule has 3 N–H and O–H groups in total. The fourth-order valence-electron chi connectivity index (χ4n) is 11.5. The van der Waals surface area contributed by atoms with E-state index in [4.69, 9.17) is 37.0 Å². The fraction of sp³-hybridized carbons (Fsp3) is 0.947. The first-order chi connectivity index (χ1) is 45.4. The molecule has 0 saturated carbocycles. The van der Waals surface area contributed by atoms with E-state index in [1.807, 2.05) is 0 Å². The molecule has 0 aliphatic heterocycles. The molecular weight excluding hydrogens is 1230 g/mol. The Labute approximate surface area is 575 Å². The van der Waals surface area contributed by atoms with Crippen molar-refractivity contribution >= 4 is 39.5 Å². The van der Waals surface area contributed by atoms with Crippen LogP contribution in [0.1, 0.15) is 388 Å². The lowest BCUT2D eigenvalue weighted by Crippen LogP contribution is -2.30. The Kier molecular flexibility index (Phi) is 65.5. The molecule has 0 heterocycles. The maximum absolute atomic E-state index is 13.1. The van der Waals surface area contributed by atoms with E-state index in [9.17, 15) is 43.2 Å². The summed E-state index contributed by atoms with van der Waals surface area (Å²) in [6.45, 7) is 9.58. The standard InChI is InChI=1S/C75H146O17P2/c1-7-9-11-13-15-17-19-23-28-32-39-45-51-57-72(77)85-63-70(91-75(80)60-54-48-42-34-30-26-22-21-25-27-31-37-43-49-55-67(3)4)65-89-93(81,82)87-61-69(76)62-88-94(83,84)90-66-71(64-86-73(78)58-52-46-40-36-35-38-44-50-56-68(5)6)92-74(79)59-53-47-41-33-29-24-20-18-16-14-12-10-8-2/h67-71,76H,7-66H2,1-6H3,(H,81,82)(H,83,84)/t69-,70-,71-/m1/s1. The van der Waals surface area contributed by atoms with E-state index >= 15 is 0 Å². The number of ether oxygens (including phenoxy) is 4. The van der Waals surface area contributed by atoms with Crippen LogP contribution in [-0.4, -0.2) is 96.7 Å². The third kappa shape index (κ3) is 68.6. The van der Waals surface area contributed by atoms with Gasteiger partial charge in [-0.25, -0.2) is 9.13 Å². The molecule has 558 valence electrons. The van der Waals surface area contributed by atoms with Crippen molar-refractivity contribution in [2.75, 3.05) is 39.6 Å². The highest BCUT2D eigenvalue weighted by molar-refractivity contribution is 7.47. The Balaban J connectivity index is 5.25. The zero-order chi connectivity index (χ0) is 69.3. The minimum atomic E-state index is -4.96. The maximum Gasteiger partial charge on any atom is 0.472 e. The van der Waals surface area contributed by atoms with Gasteiger partial charge in [-0.3, -0.25) is 37.3 Å². The predicted octanol–water partition coefficient (Wildman–Crippen LogP) is 21.9. The first-order valence-electron chi connectivity index (χ1n) is 39.0. The minimum Gasteiger partial charge on any atom is -0.462 e. The fourth-order valence-corrected chi connectivity index (χ4v) is 13.1. The molecule has 0 amide bonds. The van der Waals surface area contributed by atoms with Gasteiger partial charge in [0.2, 0.25) is 0 Å². The summed E-state index contributed by atoms with van der Waals surface area (Å²) in [5.41, 5.74) is 0. The second-order valence-electron chi connectivity index (χ2n) is 28.0. The van der Waals surface area contributed by atoms with E-state index in [-0.39, 0.29) is 25.7 Å². The van der Waals surface area contributed by atoms with Crippen molar-refractivity contribution in [1.29, 1.82) is 0 Å². The molecule has 2 unspecified atom stereocenters. The van der Waals surface area contributed by atoms with E-state index in [1.165, 1.54) is 205 Å². The van der Waals surface area contributed by atoms with Crippen LogP contribution in [0.2, 0.25) is 0 Å². The number of aliphatic hydroxyl groups excluding tert-OH is 1. The van der Waals surface area contributed by atoms with Crippen molar-refractivity contribution in [3.05, 3.63) is 0 Å². The Hall–Kier alpha value is -1.94. The van der Waals surface area contributed by atoms with E-state index in [1.54, 1.807) is 0 Å². The highest BCUT2D eigenvalue weighted by Crippen LogP contribution is 2.45. The molecule has 0 spiro atoms. The van der Waals surface area contributed by atoms with Gasteiger partial charge in [-0.15, -0.1) is 0 Å². The topological polar surface area (TPSA) is 237 Å². The summed E-state index contributed by atoms with van der Waals surface area (Å²) in [5, 5.41) is 10.6. The lowest BCUT2D eigenvalue weighted by molar-refractivity contribution is -0.161. The largest absolute Gasteiger partial charge is 0.472 e. The van der Waals surface area contributed by atoms with Gasteiger partial charge in [0, 0.05) is 25.7 Å². The minimum absolute atomic E-state index is 0.107. The second kappa shape index (κ2) is 66.9. The Morgan fingerprint density at radius 3 is 0.723 bits per heavy atom. The molecule has 5 atom stereocenters. The first kappa shape index (κ1) is 92.1. The summed E-state index contributed by atoms with van der Waals surface area (Å²) in [5.74, 6) is -0.593. The summed E-state index contributed by atoms with van der Waals surface area (Å²) in [7, 11) is -9.91. The van der Waals surface area contributed by atoms with Gasteiger partial charge >= 0.3 is 39.5 Å². The number of phosphoric ester groups is 2. The molecule has 0 aromatic heterocycles. The molecule has 0 bridgehead atoms. The number of phosphoric acid groups is 2. The number of aliphatic hydroxyl groups is 1. The number of hydrogen-bond acceptors (Lipinski definition) is 15. The summed E-state index contributed by atoms with van der Waals surface area (Å²) in [6.07, 6.45) is 54.0. The van der Waals surface area contributed by atoms with Gasteiger partial charge < -0.3 is 33.8 Å². The van der Waals surface area contributed by atoms with Crippen molar-refractivity contribution < 1.29 is 80.2 Å². The van der Waals surface area contributed by atoms with Crippen LogP contribution in [0, 0.1) is 11.8 Å². The molecule has 94 heavy (non-hydrogen) atoms. The number of rotatable bonds is 74. The Bertz CT molecular complexity index is 1820. The zero-order valence-electron chi connectivity index (χ0n) is 61.3. The van der Waals surface area contributed by atoms with E-state index in [0.29, 0.717) is 25.7 Å². The van der Waals surface area contributed by atoms with E-state index in [2.05, 4.69) is 41.5 Å². The number of hydrogen-bond donors (Lipinski definition) is 3. The van der Waals surface area contributed by atoms with Crippen molar-refractivity contribution in [2.24, 2.45) is 11.8 Å². The van der Waals surface area contributed by atoms with Crippen LogP contribution in [0.3, 0.4) is 0 Å². The van der Waals surface area contributed by atoms with Crippen molar-refractivity contribution in [2.45, 2.75) is 407 Å². The predicted molar refractivity (Wildman–Crippen MR) is 381 cm³/mol. The number of unbranched alkanes of at least 4 members (excludes halogenated alkanes) is 44. The van der Waals surface area contributed by atoms with Gasteiger partial charge in [-0.2, -0.15) is 0 Å². The lowest BCUT2D eigenvalue weighted by atomic mass is 10.0. The zero-order valence-corrected chi connectivity index (χ0v) is 63.1. The number of carbonyl (C=O) groups is 4. The van der Waals surface area contributed by atoms with E-state index in [0.717, 1.165) is 102 Å². The highest BCUT2D eigenvalue weighted by Gasteiger charge is 2.30. The molecule has 19 heteroatoms. The lowest BCUT2D eigenvalue weighted by Gasteiger charge is -2.21. The molecule has 0 aromatic rings. The molecule has 0 aliphatic carbocycles. The van der Waals surface area contributed by atoms with Crippen LogP contribution in [0.4, 0.5) is 0 Å². The normalized spacial score (nSPS) is 14.0. The Morgan fingerprint density at radius 1 is 0.287 bits per heavy atom. The smallest absolute Gasteiger partial charge is 0.462 e. The number of esters is 4. The van der Waals surface area contributed by atoms with Crippen LogP contribution in [-0.2, 0) is 65.4 Å². The van der Waals surface area contributed by atoms with E-state index < -0.39 is 97.5 Å². The Morgan fingerprint density at radius 2 is 0.489 bits per heavy atom. The van der Waals surface area contributed by atoms with Gasteiger partial charge in [-0.1, -0.05) is 337 Å². The van der Waals surface area contributed by atoms with Crippen LogP contribution in [0.5, 0.6) is 0 Å². The molecule has 0 rings (SSSR count). The third-order valence-electron chi connectivity index (χ3n) is 17.5.